The van der Waals surface area contributed by atoms with Gasteiger partial charge in [-0.25, -0.2) is 0 Å². The number of aryl methyl sites for hydroxylation is 1. The van der Waals surface area contributed by atoms with Gasteiger partial charge in [-0.15, -0.1) is 0 Å². The van der Waals surface area contributed by atoms with E-state index < -0.39 is 0 Å². The molecule has 2 aromatic rings. The predicted molar refractivity (Wildman–Crippen MR) is 64.5 cm³/mol. The molecule has 0 amide bonds. The summed E-state index contributed by atoms with van der Waals surface area (Å²) in [7, 11) is 0. The molecule has 0 radical (unpaired) electrons. The highest BCUT2D eigenvalue weighted by molar-refractivity contribution is 5.75. The fourth-order valence-electron chi connectivity index (χ4n) is 1.49. The van der Waals surface area contributed by atoms with E-state index in [1.54, 1.807) is 24.3 Å². The van der Waals surface area contributed by atoms with Crippen LogP contribution in [0.3, 0.4) is 0 Å². The molecule has 1 heterocycles. The maximum atomic E-state index is 10.6. The monoisotopic (exact) mass is 246 g/mol. The van der Waals surface area contributed by atoms with Crippen molar-refractivity contribution in [1.82, 2.24) is 10.1 Å². The van der Waals surface area contributed by atoms with E-state index in [0.29, 0.717) is 23.0 Å². The molecule has 0 fully saturated rings. The largest absolute Gasteiger partial charge is 0.485 e. The van der Waals surface area contributed by atoms with Gasteiger partial charge in [-0.2, -0.15) is 4.98 Å². The molecule has 94 valence electrons. The molecule has 2 rings (SSSR count). The number of carbonyl (C=O) groups is 1. The van der Waals surface area contributed by atoms with Gasteiger partial charge in [0, 0.05) is 12.0 Å². The quantitative estimate of drug-likeness (QED) is 0.732. The first kappa shape index (κ1) is 12.3. The number of nitrogens with zero attached hydrogens (tertiary/aromatic N) is 2. The summed E-state index contributed by atoms with van der Waals surface area (Å²) in [6.45, 7) is 2.28. The summed E-state index contributed by atoms with van der Waals surface area (Å²) in [5.74, 6) is 1.74. The third-order valence-corrected chi connectivity index (χ3v) is 2.34. The molecule has 0 atom stereocenters. The van der Waals surface area contributed by atoms with Gasteiger partial charge >= 0.3 is 0 Å². The van der Waals surface area contributed by atoms with Gasteiger partial charge in [-0.1, -0.05) is 24.2 Å². The lowest BCUT2D eigenvalue weighted by Gasteiger charge is -2.02. The lowest BCUT2D eigenvalue weighted by molar-refractivity contribution is 0.112. The predicted octanol–water partition coefficient (Wildman–Crippen LogP) is 2.41. The Labute approximate surface area is 105 Å². The summed E-state index contributed by atoms with van der Waals surface area (Å²) in [6.07, 6.45) is 2.51. The van der Waals surface area contributed by atoms with Crippen molar-refractivity contribution >= 4 is 6.29 Å². The van der Waals surface area contributed by atoms with Crippen molar-refractivity contribution in [1.29, 1.82) is 0 Å². The first-order valence-electron chi connectivity index (χ1n) is 5.81. The molecular weight excluding hydrogens is 232 g/mol. The second-order valence-corrected chi connectivity index (χ2v) is 3.83. The Morgan fingerprint density at radius 1 is 1.44 bits per heavy atom. The zero-order valence-corrected chi connectivity index (χ0v) is 10.1. The second kappa shape index (κ2) is 5.95. The molecule has 0 aliphatic rings. The number of benzene rings is 1. The molecule has 0 spiro atoms. The van der Waals surface area contributed by atoms with Crippen LogP contribution in [0.1, 0.15) is 35.4 Å². The van der Waals surface area contributed by atoms with Crippen molar-refractivity contribution in [3.05, 3.63) is 41.5 Å². The van der Waals surface area contributed by atoms with Crippen LogP contribution in [0.4, 0.5) is 0 Å². The Bertz CT molecular complexity index is 522. The van der Waals surface area contributed by atoms with Gasteiger partial charge in [0.15, 0.2) is 6.61 Å². The van der Waals surface area contributed by atoms with Crippen molar-refractivity contribution in [3.63, 3.8) is 0 Å². The van der Waals surface area contributed by atoms with E-state index in [1.165, 1.54) is 0 Å². The summed E-state index contributed by atoms with van der Waals surface area (Å²) in [6, 6.07) is 6.92. The normalized spacial score (nSPS) is 10.3. The van der Waals surface area contributed by atoms with Gasteiger partial charge in [-0.3, -0.25) is 4.79 Å². The third-order valence-electron chi connectivity index (χ3n) is 2.34. The average molecular weight is 246 g/mol. The second-order valence-electron chi connectivity index (χ2n) is 3.83. The highest BCUT2D eigenvalue weighted by Gasteiger charge is 2.06. The van der Waals surface area contributed by atoms with Crippen LogP contribution in [-0.2, 0) is 13.0 Å². The molecule has 18 heavy (non-hydrogen) atoms. The average Bonchev–Trinajstić information content (AvgIpc) is 2.85. The van der Waals surface area contributed by atoms with Crippen LogP contribution < -0.4 is 4.74 Å². The number of aromatic nitrogens is 2. The smallest absolute Gasteiger partial charge is 0.226 e. The Hall–Kier alpha value is -2.17. The van der Waals surface area contributed by atoms with Crippen LogP contribution >= 0.6 is 0 Å². The Balaban J connectivity index is 1.95. The van der Waals surface area contributed by atoms with Crippen LogP contribution in [0.2, 0.25) is 0 Å². The van der Waals surface area contributed by atoms with E-state index in [2.05, 4.69) is 10.1 Å². The van der Waals surface area contributed by atoms with Crippen molar-refractivity contribution in [2.45, 2.75) is 26.4 Å². The third kappa shape index (κ3) is 3.16. The van der Waals surface area contributed by atoms with Crippen LogP contribution in [0.25, 0.3) is 0 Å². The van der Waals surface area contributed by atoms with E-state index in [-0.39, 0.29) is 6.61 Å². The molecule has 1 aromatic carbocycles. The van der Waals surface area contributed by atoms with Crippen LogP contribution in [0, 0.1) is 0 Å². The number of aldehydes is 1. The number of hydrogen-bond donors (Lipinski definition) is 0. The summed E-state index contributed by atoms with van der Waals surface area (Å²) in [5, 5.41) is 3.81. The van der Waals surface area contributed by atoms with Gasteiger partial charge in [0.2, 0.25) is 11.7 Å². The molecule has 0 N–H and O–H groups in total. The summed E-state index contributed by atoms with van der Waals surface area (Å²) in [5.41, 5.74) is 0.576. The Kier molecular flexibility index (Phi) is 4.06. The van der Waals surface area contributed by atoms with E-state index >= 15 is 0 Å². The van der Waals surface area contributed by atoms with Crippen molar-refractivity contribution < 1.29 is 14.1 Å². The van der Waals surface area contributed by atoms with Crippen LogP contribution in [0.5, 0.6) is 5.75 Å². The Morgan fingerprint density at radius 3 is 3.11 bits per heavy atom. The summed E-state index contributed by atoms with van der Waals surface area (Å²) >= 11 is 0. The SMILES string of the molecule is CCCc1nc(COc2cccc(C=O)c2)no1. The topological polar surface area (TPSA) is 65.2 Å². The summed E-state index contributed by atoms with van der Waals surface area (Å²) < 4.78 is 10.5. The minimum Gasteiger partial charge on any atom is -0.485 e. The van der Waals surface area contributed by atoms with E-state index in [4.69, 9.17) is 9.26 Å². The van der Waals surface area contributed by atoms with Crippen molar-refractivity contribution in [2.75, 3.05) is 0 Å². The molecule has 0 aliphatic carbocycles. The van der Waals surface area contributed by atoms with E-state index in [0.717, 1.165) is 19.1 Å². The fraction of sp³-hybridized carbons (Fsp3) is 0.308. The molecule has 1 aromatic heterocycles. The minimum absolute atomic E-state index is 0.232. The lowest BCUT2D eigenvalue weighted by atomic mass is 10.2. The molecule has 5 heteroatoms. The Morgan fingerprint density at radius 2 is 2.33 bits per heavy atom. The van der Waals surface area contributed by atoms with Gasteiger partial charge in [0.05, 0.1) is 0 Å². The standard InChI is InChI=1S/C13H14N2O3/c1-2-4-13-14-12(15-18-13)9-17-11-6-3-5-10(7-11)8-16/h3,5-8H,2,4,9H2,1H3. The number of hydrogen-bond acceptors (Lipinski definition) is 5. The van der Waals surface area contributed by atoms with Crippen molar-refractivity contribution in [3.8, 4) is 5.75 Å². The molecule has 0 unspecified atom stereocenters. The van der Waals surface area contributed by atoms with Crippen molar-refractivity contribution in [2.24, 2.45) is 0 Å². The summed E-state index contributed by atoms with van der Waals surface area (Å²) in [4.78, 5) is 14.8. The highest BCUT2D eigenvalue weighted by Crippen LogP contribution is 2.13. The van der Waals surface area contributed by atoms with Gasteiger partial charge in [-0.05, 0) is 18.6 Å². The molecule has 0 bridgehead atoms. The van der Waals surface area contributed by atoms with Crippen LogP contribution in [-0.4, -0.2) is 16.4 Å². The number of ether oxygens (including phenoxy) is 1. The zero-order chi connectivity index (χ0) is 12.8. The zero-order valence-electron chi connectivity index (χ0n) is 10.1. The fourth-order valence-corrected chi connectivity index (χ4v) is 1.49. The number of carbonyl (C=O) groups excluding carboxylic acids is 1. The molecule has 0 aliphatic heterocycles. The first-order valence-corrected chi connectivity index (χ1v) is 5.81. The lowest BCUT2D eigenvalue weighted by Crippen LogP contribution is -1.98. The molecule has 5 nitrogen and oxygen atoms in total. The van der Waals surface area contributed by atoms with E-state index in [1.807, 2.05) is 6.92 Å². The molecular formula is C13H14N2O3. The number of rotatable bonds is 6. The van der Waals surface area contributed by atoms with Crippen LogP contribution in [0.15, 0.2) is 28.8 Å². The van der Waals surface area contributed by atoms with Gasteiger partial charge in [0.1, 0.15) is 12.0 Å². The molecule has 0 saturated heterocycles. The highest BCUT2D eigenvalue weighted by atomic mass is 16.5. The first-order chi connectivity index (χ1) is 8.81. The minimum atomic E-state index is 0.232. The maximum absolute atomic E-state index is 10.6. The van der Waals surface area contributed by atoms with E-state index in [9.17, 15) is 4.79 Å². The maximum Gasteiger partial charge on any atom is 0.226 e. The van der Waals surface area contributed by atoms with Gasteiger partial charge in [0.25, 0.3) is 0 Å². The van der Waals surface area contributed by atoms with Gasteiger partial charge < -0.3 is 9.26 Å². The molecule has 0 saturated carbocycles.